The Kier molecular flexibility index (Phi) is 3.82. The number of hydrogen-bond acceptors (Lipinski definition) is 3. The third-order valence-electron chi connectivity index (χ3n) is 3.90. The zero-order valence-corrected chi connectivity index (χ0v) is 12.9. The van der Waals surface area contributed by atoms with Gasteiger partial charge in [0.1, 0.15) is 0 Å². The quantitative estimate of drug-likeness (QED) is 0.870. The van der Waals surface area contributed by atoms with E-state index >= 15 is 0 Å². The summed E-state index contributed by atoms with van der Waals surface area (Å²) >= 11 is 5.92. The van der Waals surface area contributed by atoms with Gasteiger partial charge in [-0.1, -0.05) is 11.6 Å². The first-order chi connectivity index (χ1) is 8.75. The molecule has 2 rings (SSSR count). The lowest BCUT2D eigenvalue weighted by Crippen LogP contribution is -2.36. The lowest BCUT2D eigenvalue weighted by molar-refractivity contribution is 0.357. The van der Waals surface area contributed by atoms with Gasteiger partial charge in [-0.3, -0.25) is 0 Å². The van der Waals surface area contributed by atoms with Crippen molar-refractivity contribution < 1.29 is 8.42 Å². The number of nitrogen functional groups attached to an aromatic ring is 1. The lowest BCUT2D eigenvalue weighted by atomic mass is 10.2. The lowest BCUT2D eigenvalue weighted by Gasteiger charge is -2.25. The second-order valence-corrected chi connectivity index (χ2v) is 7.62. The largest absolute Gasteiger partial charge is 0.398 e. The Morgan fingerprint density at radius 3 is 2.53 bits per heavy atom. The number of anilines is 1. The predicted molar refractivity (Wildman–Crippen MR) is 77.7 cm³/mol. The van der Waals surface area contributed by atoms with Crippen molar-refractivity contribution in [1.82, 2.24) is 4.31 Å². The van der Waals surface area contributed by atoms with Crippen LogP contribution in [0.2, 0.25) is 5.02 Å². The number of sulfonamides is 1. The molecule has 0 aliphatic heterocycles. The van der Waals surface area contributed by atoms with E-state index in [0.717, 1.165) is 12.8 Å². The Morgan fingerprint density at radius 1 is 1.42 bits per heavy atom. The van der Waals surface area contributed by atoms with Crippen molar-refractivity contribution in [2.24, 2.45) is 5.92 Å². The fraction of sp³-hybridized carbons (Fsp3) is 0.538. The first-order valence-corrected chi connectivity index (χ1v) is 8.10. The zero-order chi connectivity index (χ0) is 14.4. The number of rotatable bonds is 4. The standard InChI is InChI=1S/C13H19ClN2O2S/c1-8-12(15)6-11(14)7-13(8)19(17,18)16(3)9(2)10-4-5-10/h6-7,9-10H,4-5,15H2,1-3H3. The molecule has 1 aromatic carbocycles. The molecule has 0 spiro atoms. The first kappa shape index (κ1) is 14.6. The summed E-state index contributed by atoms with van der Waals surface area (Å²) in [6.07, 6.45) is 2.19. The third-order valence-corrected chi connectivity index (χ3v) is 6.19. The van der Waals surface area contributed by atoms with Crippen LogP contribution < -0.4 is 5.73 Å². The van der Waals surface area contributed by atoms with Gasteiger partial charge < -0.3 is 5.73 Å². The number of benzene rings is 1. The van der Waals surface area contributed by atoms with Gasteiger partial charge in [-0.05, 0) is 50.3 Å². The van der Waals surface area contributed by atoms with Crippen molar-refractivity contribution in [3.8, 4) is 0 Å². The second kappa shape index (κ2) is 4.96. The molecule has 1 fully saturated rings. The minimum atomic E-state index is -3.55. The highest BCUT2D eigenvalue weighted by molar-refractivity contribution is 7.89. The van der Waals surface area contributed by atoms with Crippen LogP contribution in [0.3, 0.4) is 0 Å². The molecule has 19 heavy (non-hydrogen) atoms. The van der Waals surface area contributed by atoms with Crippen molar-refractivity contribution in [2.45, 2.75) is 37.6 Å². The Hall–Kier alpha value is -0.780. The van der Waals surface area contributed by atoms with E-state index in [9.17, 15) is 8.42 Å². The molecule has 1 aliphatic rings. The Morgan fingerprint density at radius 2 is 2.00 bits per heavy atom. The summed E-state index contributed by atoms with van der Waals surface area (Å²) in [7, 11) is -1.93. The molecule has 1 atom stereocenters. The van der Waals surface area contributed by atoms with Gasteiger partial charge in [0.05, 0.1) is 4.90 Å². The summed E-state index contributed by atoms with van der Waals surface area (Å²) in [5.41, 5.74) is 6.76. The third kappa shape index (κ3) is 2.73. The van der Waals surface area contributed by atoms with Gasteiger partial charge in [0.25, 0.3) is 0 Å². The second-order valence-electron chi connectivity index (χ2n) is 5.22. The Labute approximate surface area is 119 Å². The van der Waals surface area contributed by atoms with Crippen LogP contribution in [0, 0.1) is 12.8 Å². The molecule has 1 saturated carbocycles. The molecule has 1 aliphatic carbocycles. The van der Waals surface area contributed by atoms with E-state index in [1.165, 1.54) is 10.4 Å². The van der Waals surface area contributed by atoms with Gasteiger partial charge in [-0.2, -0.15) is 4.31 Å². The van der Waals surface area contributed by atoms with Crippen LogP contribution >= 0.6 is 11.6 Å². The normalized spacial score (nSPS) is 17.7. The molecule has 0 radical (unpaired) electrons. The SMILES string of the molecule is Cc1c(N)cc(Cl)cc1S(=O)(=O)N(C)C(C)C1CC1. The molecular weight excluding hydrogens is 284 g/mol. The minimum Gasteiger partial charge on any atom is -0.398 e. The first-order valence-electron chi connectivity index (χ1n) is 6.28. The van der Waals surface area contributed by atoms with Crippen LogP contribution in [0.5, 0.6) is 0 Å². The molecule has 1 unspecified atom stereocenters. The molecular formula is C13H19ClN2O2S. The van der Waals surface area contributed by atoms with Gasteiger partial charge in [0, 0.05) is 23.8 Å². The summed E-state index contributed by atoms with van der Waals surface area (Å²) in [5, 5.41) is 0.342. The number of nitrogens with zero attached hydrogens (tertiary/aromatic N) is 1. The van der Waals surface area contributed by atoms with E-state index < -0.39 is 10.0 Å². The van der Waals surface area contributed by atoms with Crippen molar-refractivity contribution in [2.75, 3.05) is 12.8 Å². The highest BCUT2D eigenvalue weighted by Crippen LogP contribution is 2.37. The smallest absolute Gasteiger partial charge is 0.243 e. The van der Waals surface area contributed by atoms with Crippen molar-refractivity contribution in [3.63, 3.8) is 0 Å². The average Bonchev–Trinajstić information content (AvgIpc) is 3.15. The van der Waals surface area contributed by atoms with E-state index in [2.05, 4.69) is 0 Å². The Balaban J connectivity index is 2.44. The molecule has 0 amide bonds. The van der Waals surface area contributed by atoms with E-state index in [4.69, 9.17) is 17.3 Å². The topological polar surface area (TPSA) is 63.4 Å². The molecule has 0 saturated heterocycles. The van der Waals surface area contributed by atoms with Crippen LogP contribution in [-0.4, -0.2) is 25.8 Å². The van der Waals surface area contributed by atoms with E-state index in [0.29, 0.717) is 22.2 Å². The number of halogens is 1. The maximum atomic E-state index is 12.6. The van der Waals surface area contributed by atoms with E-state index in [1.54, 1.807) is 20.0 Å². The molecule has 106 valence electrons. The van der Waals surface area contributed by atoms with Crippen molar-refractivity contribution >= 4 is 27.3 Å². The molecule has 4 nitrogen and oxygen atoms in total. The molecule has 2 N–H and O–H groups in total. The van der Waals surface area contributed by atoms with Crippen LogP contribution in [0.4, 0.5) is 5.69 Å². The predicted octanol–water partition coefficient (Wildman–Crippen LogP) is 2.65. The van der Waals surface area contributed by atoms with Gasteiger partial charge >= 0.3 is 0 Å². The van der Waals surface area contributed by atoms with Crippen LogP contribution in [-0.2, 0) is 10.0 Å². The fourth-order valence-electron chi connectivity index (χ4n) is 2.19. The van der Waals surface area contributed by atoms with E-state index in [1.807, 2.05) is 6.92 Å². The van der Waals surface area contributed by atoms with Gasteiger partial charge in [-0.25, -0.2) is 8.42 Å². The van der Waals surface area contributed by atoms with Crippen LogP contribution in [0.15, 0.2) is 17.0 Å². The summed E-state index contributed by atoms with van der Waals surface area (Å²) in [5.74, 6) is 0.469. The summed E-state index contributed by atoms with van der Waals surface area (Å²) < 4.78 is 26.7. The van der Waals surface area contributed by atoms with Gasteiger partial charge in [0.2, 0.25) is 10.0 Å². The van der Waals surface area contributed by atoms with Crippen molar-refractivity contribution in [1.29, 1.82) is 0 Å². The zero-order valence-electron chi connectivity index (χ0n) is 11.4. The highest BCUT2D eigenvalue weighted by Gasteiger charge is 2.36. The van der Waals surface area contributed by atoms with Gasteiger partial charge in [0.15, 0.2) is 0 Å². The average molecular weight is 303 g/mol. The molecule has 1 aromatic rings. The van der Waals surface area contributed by atoms with Crippen molar-refractivity contribution in [3.05, 3.63) is 22.7 Å². The Bertz CT molecular complexity index is 597. The molecule has 0 bridgehead atoms. The van der Waals surface area contributed by atoms with Gasteiger partial charge in [-0.15, -0.1) is 0 Å². The minimum absolute atomic E-state index is 0.00426. The van der Waals surface area contributed by atoms with Crippen LogP contribution in [0.25, 0.3) is 0 Å². The van der Waals surface area contributed by atoms with Crippen LogP contribution in [0.1, 0.15) is 25.3 Å². The summed E-state index contributed by atoms with van der Waals surface area (Å²) in [6.45, 7) is 3.65. The monoisotopic (exact) mass is 302 g/mol. The summed E-state index contributed by atoms with van der Waals surface area (Å²) in [4.78, 5) is 0.201. The molecule has 0 heterocycles. The maximum absolute atomic E-state index is 12.6. The molecule has 0 aromatic heterocycles. The fourth-order valence-corrected chi connectivity index (χ4v) is 4.18. The number of nitrogens with two attached hydrogens (primary N) is 1. The highest BCUT2D eigenvalue weighted by atomic mass is 35.5. The number of hydrogen-bond donors (Lipinski definition) is 1. The molecule has 6 heteroatoms. The summed E-state index contributed by atoms with van der Waals surface area (Å²) in [6, 6.07) is 3.04. The maximum Gasteiger partial charge on any atom is 0.243 e. The van der Waals surface area contributed by atoms with E-state index in [-0.39, 0.29) is 10.9 Å².